The van der Waals surface area contributed by atoms with Gasteiger partial charge in [0, 0.05) is 11.6 Å². The van der Waals surface area contributed by atoms with Gasteiger partial charge in [0.25, 0.3) is 0 Å². The van der Waals surface area contributed by atoms with E-state index in [2.05, 4.69) is 32.9 Å². The second kappa shape index (κ2) is 10.1. The summed E-state index contributed by atoms with van der Waals surface area (Å²) in [5.74, 6) is -0.734. The molecule has 3 rings (SSSR count). The molecule has 5 nitrogen and oxygen atoms in total. The summed E-state index contributed by atoms with van der Waals surface area (Å²) in [6.07, 6.45) is 0.424. The smallest absolute Gasteiger partial charge is 0.244 e. The van der Waals surface area contributed by atoms with E-state index in [1.165, 1.54) is 34.1 Å². The van der Waals surface area contributed by atoms with Gasteiger partial charge in [-0.25, -0.2) is 8.42 Å². The molecule has 0 spiro atoms. The van der Waals surface area contributed by atoms with Gasteiger partial charge in [0.15, 0.2) is 0 Å². The molecule has 1 amide bonds. The highest BCUT2D eigenvalue weighted by Crippen LogP contribution is 2.29. The van der Waals surface area contributed by atoms with Crippen LogP contribution in [-0.4, -0.2) is 25.2 Å². The number of primary amides is 1. The zero-order valence-corrected chi connectivity index (χ0v) is 20.6. The summed E-state index contributed by atoms with van der Waals surface area (Å²) in [6, 6.07) is 21.6. The molecule has 0 fully saturated rings. The van der Waals surface area contributed by atoms with Crippen molar-refractivity contribution in [2.75, 3.05) is 6.54 Å². The van der Waals surface area contributed by atoms with Crippen molar-refractivity contribution in [3.05, 3.63) is 101 Å². The first-order valence-electron chi connectivity index (χ1n) is 10.7. The van der Waals surface area contributed by atoms with Gasteiger partial charge in [-0.1, -0.05) is 87.0 Å². The third kappa shape index (κ3) is 6.02. The quantitative estimate of drug-likeness (QED) is 0.483. The summed E-state index contributed by atoms with van der Waals surface area (Å²) in [6.45, 7) is 6.50. The van der Waals surface area contributed by atoms with Crippen molar-refractivity contribution in [3.8, 4) is 0 Å². The Morgan fingerprint density at radius 3 is 2.03 bits per heavy atom. The molecule has 1 unspecified atom stereocenters. The number of nitrogens with two attached hydrogens (primary N) is 1. The topological polar surface area (TPSA) is 80.5 Å². The minimum Gasteiger partial charge on any atom is -0.368 e. The first-order valence-corrected chi connectivity index (χ1v) is 12.5. The highest BCUT2D eigenvalue weighted by atomic mass is 35.5. The van der Waals surface area contributed by atoms with Crippen LogP contribution in [0.25, 0.3) is 0 Å². The standard InChI is InChI=1S/C26H29ClN2O3S/c1-26(2,3)21-11-9-19(10-12-21)17-18-29(24(25(28)30)20-7-5-4-6-8-20)33(31,32)23-15-13-22(27)14-16-23/h4-16,24H,17-18H2,1-3H3,(H2,28,30). The molecule has 0 aliphatic carbocycles. The van der Waals surface area contributed by atoms with Gasteiger partial charge in [-0.05, 0) is 52.8 Å². The molecule has 0 bridgehead atoms. The summed E-state index contributed by atoms with van der Waals surface area (Å²) in [4.78, 5) is 12.6. The van der Waals surface area contributed by atoms with E-state index >= 15 is 0 Å². The van der Waals surface area contributed by atoms with Crippen LogP contribution < -0.4 is 5.73 Å². The van der Waals surface area contributed by atoms with Crippen LogP contribution >= 0.6 is 11.6 Å². The van der Waals surface area contributed by atoms with Crippen molar-refractivity contribution in [1.29, 1.82) is 0 Å². The molecular formula is C26H29ClN2O3S. The third-order valence-corrected chi connectivity index (χ3v) is 7.66. The van der Waals surface area contributed by atoms with Crippen molar-refractivity contribution in [2.24, 2.45) is 5.73 Å². The van der Waals surface area contributed by atoms with Gasteiger partial charge in [0.2, 0.25) is 15.9 Å². The Kier molecular flexibility index (Phi) is 7.62. The zero-order valence-electron chi connectivity index (χ0n) is 19.0. The number of hydrogen-bond acceptors (Lipinski definition) is 3. The van der Waals surface area contributed by atoms with Gasteiger partial charge in [-0.3, -0.25) is 4.79 Å². The summed E-state index contributed by atoms with van der Waals surface area (Å²) in [5, 5.41) is 0.425. The average molecular weight is 485 g/mol. The van der Waals surface area contributed by atoms with E-state index in [4.69, 9.17) is 17.3 Å². The van der Waals surface area contributed by atoms with Gasteiger partial charge < -0.3 is 5.73 Å². The number of halogens is 1. The summed E-state index contributed by atoms with van der Waals surface area (Å²) in [7, 11) is -4.04. The van der Waals surface area contributed by atoms with Gasteiger partial charge in [0.05, 0.1) is 4.90 Å². The molecule has 0 aromatic heterocycles. The second-order valence-electron chi connectivity index (χ2n) is 8.98. The Balaban J connectivity index is 1.99. The Bertz CT molecular complexity index is 1190. The maximum Gasteiger partial charge on any atom is 0.244 e. The number of amides is 1. The number of carbonyl (C=O) groups excluding carboxylic acids is 1. The van der Waals surface area contributed by atoms with Crippen molar-refractivity contribution in [3.63, 3.8) is 0 Å². The molecule has 174 valence electrons. The van der Waals surface area contributed by atoms with Crippen LogP contribution in [0.5, 0.6) is 0 Å². The first-order chi connectivity index (χ1) is 15.5. The molecule has 0 heterocycles. The molecule has 0 aliphatic heterocycles. The lowest BCUT2D eigenvalue weighted by molar-refractivity contribution is -0.121. The third-order valence-electron chi connectivity index (χ3n) is 5.53. The van der Waals surface area contributed by atoms with E-state index in [0.717, 1.165) is 5.56 Å². The average Bonchev–Trinajstić information content (AvgIpc) is 2.76. The van der Waals surface area contributed by atoms with E-state index in [9.17, 15) is 13.2 Å². The molecule has 0 saturated carbocycles. The maximum absolute atomic E-state index is 13.6. The van der Waals surface area contributed by atoms with Gasteiger partial charge >= 0.3 is 0 Å². The predicted molar refractivity (Wildman–Crippen MR) is 133 cm³/mol. The normalized spacial score (nSPS) is 13.1. The highest BCUT2D eigenvalue weighted by Gasteiger charge is 2.35. The van der Waals surface area contributed by atoms with Crippen molar-refractivity contribution < 1.29 is 13.2 Å². The molecule has 7 heteroatoms. The molecule has 1 atom stereocenters. The molecule has 33 heavy (non-hydrogen) atoms. The fraction of sp³-hybridized carbons (Fsp3) is 0.269. The van der Waals surface area contributed by atoms with Crippen LogP contribution in [0.4, 0.5) is 0 Å². The number of carbonyl (C=O) groups is 1. The highest BCUT2D eigenvalue weighted by molar-refractivity contribution is 7.89. The number of sulfonamides is 1. The maximum atomic E-state index is 13.6. The lowest BCUT2D eigenvalue weighted by Crippen LogP contribution is -2.42. The SMILES string of the molecule is CC(C)(C)c1ccc(CCN(C(C(N)=O)c2ccccc2)S(=O)(=O)c2ccc(Cl)cc2)cc1. The summed E-state index contributed by atoms with van der Waals surface area (Å²) >= 11 is 5.95. The predicted octanol–water partition coefficient (Wildman–Crippen LogP) is 5.10. The summed E-state index contributed by atoms with van der Waals surface area (Å²) in [5.41, 5.74) is 8.44. The van der Waals surface area contributed by atoms with Gasteiger partial charge in [-0.15, -0.1) is 0 Å². The minimum absolute atomic E-state index is 0.0207. The molecule has 3 aromatic carbocycles. The summed E-state index contributed by atoms with van der Waals surface area (Å²) < 4.78 is 28.5. The van der Waals surface area contributed by atoms with Crippen LogP contribution in [0.3, 0.4) is 0 Å². The number of benzene rings is 3. The first kappa shape index (κ1) is 25.0. The number of hydrogen-bond donors (Lipinski definition) is 1. The van der Waals surface area contributed by atoms with Crippen molar-refractivity contribution in [1.82, 2.24) is 4.31 Å². The monoisotopic (exact) mass is 484 g/mol. The zero-order chi connectivity index (χ0) is 24.2. The number of nitrogens with zero attached hydrogens (tertiary/aromatic N) is 1. The lowest BCUT2D eigenvalue weighted by Gasteiger charge is -2.29. The molecule has 0 saturated heterocycles. The van der Waals surface area contributed by atoms with Crippen LogP contribution in [0.1, 0.15) is 43.5 Å². The van der Waals surface area contributed by atoms with Crippen molar-refractivity contribution >= 4 is 27.5 Å². The Morgan fingerprint density at radius 2 is 1.52 bits per heavy atom. The fourth-order valence-electron chi connectivity index (χ4n) is 3.65. The van der Waals surface area contributed by atoms with Crippen molar-refractivity contribution in [2.45, 2.75) is 43.5 Å². The molecule has 0 aliphatic rings. The van der Waals surface area contributed by atoms with Crippen LogP contribution in [0.15, 0.2) is 83.8 Å². The Hall–Kier alpha value is -2.67. The molecule has 2 N–H and O–H groups in total. The number of rotatable bonds is 8. The van der Waals surface area contributed by atoms with Gasteiger partial charge in [0.1, 0.15) is 6.04 Å². The van der Waals surface area contributed by atoms with E-state index in [-0.39, 0.29) is 16.9 Å². The fourth-order valence-corrected chi connectivity index (χ4v) is 5.36. The van der Waals surface area contributed by atoms with Crippen LogP contribution in [0, 0.1) is 0 Å². The van der Waals surface area contributed by atoms with E-state index in [0.29, 0.717) is 17.0 Å². The Morgan fingerprint density at radius 1 is 0.939 bits per heavy atom. The lowest BCUT2D eigenvalue weighted by atomic mass is 9.86. The van der Waals surface area contributed by atoms with E-state index < -0.39 is 22.0 Å². The van der Waals surface area contributed by atoms with Crippen LogP contribution in [-0.2, 0) is 26.7 Å². The van der Waals surface area contributed by atoms with E-state index in [1.54, 1.807) is 30.3 Å². The minimum atomic E-state index is -4.04. The molecule has 3 aromatic rings. The van der Waals surface area contributed by atoms with E-state index in [1.807, 2.05) is 12.1 Å². The van der Waals surface area contributed by atoms with Crippen LogP contribution in [0.2, 0.25) is 5.02 Å². The van der Waals surface area contributed by atoms with Gasteiger partial charge in [-0.2, -0.15) is 4.31 Å². The largest absolute Gasteiger partial charge is 0.368 e. The Labute approximate surface area is 201 Å². The second-order valence-corrected chi connectivity index (χ2v) is 11.3. The molecule has 0 radical (unpaired) electrons. The molecular weight excluding hydrogens is 456 g/mol.